The van der Waals surface area contributed by atoms with E-state index in [0.717, 1.165) is 31.9 Å². The Labute approximate surface area is 113 Å². The first-order valence-corrected chi connectivity index (χ1v) is 6.49. The first-order valence-electron chi connectivity index (χ1n) is 6.11. The van der Waals surface area contributed by atoms with Gasteiger partial charge in [0.05, 0.1) is 6.54 Å². The maximum atomic E-state index is 12.0. The molecule has 0 aromatic heterocycles. The Bertz CT molecular complexity index is 399. The smallest absolute Gasteiger partial charge is 0.241 e. The third-order valence-electron chi connectivity index (χ3n) is 3.14. The van der Waals surface area contributed by atoms with Crippen molar-refractivity contribution in [3.05, 3.63) is 29.3 Å². The molecular formula is C13H18ClN3O. The van der Waals surface area contributed by atoms with Gasteiger partial charge in [-0.1, -0.05) is 11.6 Å². The van der Waals surface area contributed by atoms with Crippen molar-refractivity contribution in [1.29, 1.82) is 0 Å². The molecule has 1 aliphatic heterocycles. The van der Waals surface area contributed by atoms with Crippen molar-refractivity contribution in [3.8, 4) is 0 Å². The van der Waals surface area contributed by atoms with E-state index in [4.69, 9.17) is 11.6 Å². The molecule has 5 heteroatoms. The lowest BCUT2D eigenvalue weighted by Gasteiger charge is -2.32. The number of likely N-dealkylation sites (N-methyl/N-ethyl adjacent to an activating group) is 1. The topological polar surface area (TPSA) is 35.6 Å². The summed E-state index contributed by atoms with van der Waals surface area (Å²) in [4.78, 5) is 16.1. The zero-order valence-electron chi connectivity index (χ0n) is 10.5. The molecule has 1 aliphatic rings. The van der Waals surface area contributed by atoms with Gasteiger partial charge in [0.25, 0.3) is 0 Å². The zero-order chi connectivity index (χ0) is 13.0. The van der Waals surface area contributed by atoms with E-state index in [9.17, 15) is 4.79 Å². The molecule has 1 heterocycles. The fourth-order valence-electron chi connectivity index (χ4n) is 1.91. The molecule has 2 rings (SSSR count). The van der Waals surface area contributed by atoms with Gasteiger partial charge in [-0.2, -0.15) is 0 Å². The number of hydrogen-bond acceptors (Lipinski definition) is 3. The Morgan fingerprint density at radius 2 is 1.83 bits per heavy atom. The number of benzene rings is 1. The second kappa shape index (κ2) is 6.07. The van der Waals surface area contributed by atoms with Crippen molar-refractivity contribution in [2.45, 2.75) is 0 Å². The summed E-state index contributed by atoms with van der Waals surface area (Å²) in [5.74, 6) is 0.151. The highest BCUT2D eigenvalue weighted by atomic mass is 35.5. The van der Waals surface area contributed by atoms with E-state index >= 15 is 0 Å². The summed E-state index contributed by atoms with van der Waals surface area (Å²) in [6.45, 7) is 3.87. The average molecular weight is 268 g/mol. The van der Waals surface area contributed by atoms with Crippen LogP contribution >= 0.6 is 11.6 Å². The van der Waals surface area contributed by atoms with E-state index in [0.29, 0.717) is 11.6 Å². The Balaban J connectivity index is 1.79. The molecule has 1 saturated heterocycles. The minimum atomic E-state index is 0.151. The fraction of sp³-hybridized carbons (Fsp3) is 0.462. The Kier molecular flexibility index (Phi) is 4.44. The molecule has 1 aromatic rings. The minimum Gasteiger partial charge on any atom is -0.376 e. The SMILES string of the molecule is CN1CCN(C(=O)CNc2ccc(Cl)cc2)CC1. The molecule has 0 spiro atoms. The number of piperazine rings is 1. The van der Waals surface area contributed by atoms with E-state index in [2.05, 4.69) is 17.3 Å². The summed E-state index contributed by atoms with van der Waals surface area (Å²) in [5.41, 5.74) is 0.918. The molecule has 18 heavy (non-hydrogen) atoms. The van der Waals surface area contributed by atoms with E-state index < -0.39 is 0 Å². The lowest BCUT2D eigenvalue weighted by atomic mass is 10.3. The highest BCUT2D eigenvalue weighted by Crippen LogP contribution is 2.13. The number of carbonyl (C=O) groups excluding carboxylic acids is 1. The molecule has 0 bridgehead atoms. The monoisotopic (exact) mass is 267 g/mol. The summed E-state index contributed by atoms with van der Waals surface area (Å²) in [6.07, 6.45) is 0. The van der Waals surface area contributed by atoms with Gasteiger partial charge in [-0.05, 0) is 31.3 Å². The highest BCUT2D eigenvalue weighted by molar-refractivity contribution is 6.30. The zero-order valence-corrected chi connectivity index (χ0v) is 11.3. The number of halogens is 1. The summed E-state index contributed by atoms with van der Waals surface area (Å²) in [7, 11) is 2.08. The number of nitrogens with one attached hydrogen (secondary N) is 1. The van der Waals surface area contributed by atoms with Crippen LogP contribution in [0.5, 0.6) is 0 Å². The van der Waals surface area contributed by atoms with Crippen molar-refractivity contribution in [1.82, 2.24) is 9.80 Å². The number of rotatable bonds is 3. The molecule has 1 fully saturated rings. The second-order valence-electron chi connectivity index (χ2n) is 4.54. The van der Waals surface area contributed by atoms with Gasteiger partial charge in [0.2, 0.25) is 5.91 Å². The van der Waals surface area contributed by atoms with E-state index in [1.165, 1.54) is 0 Å². The van der Waals surface area contributed by atoms with Gasteiger partial charge in [-0.3, -0.25) is 4.79 Å². The van der Waals surface area contributed by atoms with Gasteiger partial charge in [0, 0.05) is 36.9 Å². The standard InChI is InChI=1S/C13H18ClN3O/c1-16-6-8-17(9-7-16)13(18)10-15-12-4-2-11(14)3-5-12/h2-5,15H,6-10H2,1H3. The molecular weight excluding hydrogens is 250 g/mol. The van der Waals surface area contributed by atoms with Gasteiger partial charge in [0.1, 0.15) is 0 Å². The summed E-state index contributed by atoms with van der Waals surface area (Å²) >= 11 is 5.80. The van der Waals surface area contributed by atoms with Crippen molar-refractivity contribution in [3.63, 3.8) is 0 Å². The lowest BCUT2D eigenvalue weighted by Crippen LogP contribution is -2.48. The van der Waals surface area contributed by atoms with Crippen molar-refractivity contribution in [2.24, 2.45) is 0 Å². The first-order chi connectivity index (χ1) is 8.65. The lowest BCUT2D eigenvalue weighted by molar-refractivity contribution is -0.130. The van der Waals surface area contributed by atoms with Gasteiger partial charge < -0.3 is 15.1 Å². The number of anilines is 1. The number of hydrogen-bond donors (Lipinski definition) is 1. The maximum Gasteiger partial charge on any atom is 0.241 e. The average Bonchev–Trinajstić information content (AvgIpc) is 2.38. The number of amides is 1. The summed E-state index contributed by atoms with van der Waals surface area (Å²) in [5, 5.41) is 3.82. The largest absolute Gasteiger partial charge is 0.376 e. The van der Waals surface area contributed by atoms with Crippen molar-refractivity contribution >= 4 is 23.2 Å². The van der Waals surface area contributed by atoms with Gasteiger partial charge in [-0.25, -0.2) is 0 Å². The van der Waals surface area contributed by atoms with Crippen LogP contribution in [-0.2, 0) is 4.79 Å². The van der Waals surface area contributed by atoms with E-state index in [1.807, 2.05) is 29.2 Å². The molecule has 0 unspecified atom stereocenters. The highest BCUT2D eigenvalue weighted by Gasteiger charge is 2.18. The number of nitrogens with zero attached hydrogens (tertiary/aromatic N) is 2. The van der Waals surface area contributed by atoms with Crippen LogP contribution in [0.1, 0.15) is 0 Å². The second-order valence-corrected chi connectivity index (χ2v) is 4.98. The van der Waals surface area contributed by atoms with Crippen molar-refractivity contribution < 1.29 is 4.79 Å². The quantitative estimate of drug-likeness (QED) is 0.902. The Morgan fingerprint density at radius 1 is 1.22 bits per heavy atom. The van der Waals surface area contributed by atoms with Crippen LogP contribution in [0.15, 0.2) is 24.3 Å². The maximum absolute atomic E-state index is 12.0. The van der Waals surface area contributed by atoms with Gasteiger partial charge >= 0.3 is 0 Å². The normalized spacial score (nSPS) is 16.7. The van der Waals surface area contributed by atoms with Crippen LogP contribution in [0, 0.1) is 0 Å². The van der Waals surface area contributed by atoms with Gasteiger partial charge in [-0.15, -0.1) is 0 Å². The fourth-order valence-corrected chi connectivity index (χ4v) is 2.04. The van der Waals surface area contributed by atoms with Crippen molar-refractivity contribution in [2.75, 3.05) is 45.1 Å². The molecule has 0 atom stereocenters. The van der Waals surface area contributed by atoms with E-state index in [1.54, 1.807) is 0 Å². The van der Waals surface area contributed by atoms with Crippen LogP contribution in [0.2, 0.25) is 5.02 Å². The summed E-state index contributed by atoms with van der Waals surface area (Å²) in [6, 6.07) is 7.37. The van der Waals surface area contributed by atoms with Crippen LogP contribution in [0.3, 0.4) is 0 Å². The predicted octanol–water partition coefficient (Wildman–Crippen LogP) is 1.53. The third kappa shape index (κ3) is 3.62. The Morgan fingerprint density at radius 3 is 2.44 bits per heavy atom. The van der Waals surface area contributed by atoms with Crippen LogP contribution in [-0.4, -0.2) is 55.5 Å². The minimum absolute atomic E-state index is 0.151. The number of carbonyl (C=O) groups is 1. The first kappa shape index (κ1) is 13.2. The molecule has 0 aliphatic carbocycles. The Hall–Kier alpha value is -1.26. The molecule has 0 radical (unpaired) electrons. The molecule has 1 aromatic carbocycles. The molecule has 4 nitrogen and oxygen atoms in total. The summed E-state index contributed by atoms with van der Waals surface area (Å²) < 4.78 is 0. The molecule has 1 N–H and O–H groups in total. The molecule has 0 saturated carbocycles. The molecule has 1 amide bonds. The van der Waals surface area contributed by atoms with Crippen LogP contribution in [0.25, 0.3) is 0 Å². The van der Waals surface area contributed by atoms with Crippen LogP contribution in [0.4, 0.5) is 5.69 Å². The predicted molar refractivity (Wildman–Crippen MR) is 74.0 cm³/mol. The van der Waals surface area contributed by atoms with Gasteiger partial charge in [0.15, 0.2) is 0 Å². The molecule has 98 valence electrons. The van der Waals surface area contributed by atoms with Crippen LogP contribution < -0.4 is 5.32 Å². The van der Waals surface area contributed by atoms with E-state index in [-0.39, 0.29) is 5.91 Å². The third-order valence-corrected chi connectivity index (χ3v) is 3.40.